The first kappa shape index (κ1) is 13.8. The lowest BCUT2D eigenvalue weighted by atomic mass is 9.95. The lowest BCUT2D eigenvalue weighted by Gasteiger charge is -2.20. The normalized spacial score (nSPS) is 12.0. The number of ketones is 1. The summed E-state index contributed by atoms with van der Waals surface area (Å²) in [6, 6.07) is 21.4. The highest BCUT2D eigenvalue weighted by Gasteiger charge is 2.18. The minimum Gasteiger partial charge on any atom is -0.457 e. The fourth-order valence-electron chi connectivity index (χ4n) is 2.90. The van der Waals surface area contributed by atoms with E-state index in [2.05, 4.69) is 6.07 Å². The van der Waals surface area contributed by atoms with Crippen molar-refractivity contribution in [3.05, 3.63) is 94.5 Å². The van der Waals surface area contributed by atoms with Crippen LogP contribution in [0.15, 0.2) is 66.7 Å². The molecular weight excluding hydrogens is 284 g/mol. The molecule has 3 aromatic carbocycles. The van der Waals surface area contributed by atoms with Crippen LogP contribution < -0.4 is 4.74 Å². The van der Waals surface area contributed by atoms with E-state index in [1.54, 1.807) is 0 Å². The van der Waals surface area contributed by atoms with Crippen LogP contribution in [0, 0.1) is 6.92 Å². The number of rotatable bonds is 2. The maximum atomic E-state index is 12.6. The van der Waals surface area contributed by atoms with Crippen LogP contribution in [0.5, 0.6) is 11.5 Å². The smallest absolute Gasteiger partial charge is 0.193 e. The Morgan fingerprint density at radius 1 is 0.826 bits per heavy atom. The lowest BCUT2D eigenvalue weighted by molar-refractivity contribution is 0.103. The molecule has 0 N–H and O–H groups in total. The highest BCUT2D eigenvalue weighted by atomic mass is 16.5. The summed E-state index contributed by atoms with van der Waals surface area (Å²) in [6.07, 6.45) is 0.792. The molecule has 2 heteroatoms. The first-order valence-corrected chi connectivity index (χ1v) is 7.71. The van der Waals surface area contributed by atoms with Crippen LogP contribution in [0.4, 0.5) is 0 Å². The summed E-state index contributed by atoms with van der Waals surface area (Å²) >= 11 is 0. The van der Waals surface area contributed by atoms with E-state index in [1.165, 1.54) is 0 Å². The number of para-hydroxylation sites is 1. The second-order valence-electron chi connectivity index (χ2n) is 5.90. The summed E-state index contributed by atoms with van der Waals surface area (Å²) in [5, 5.41) is 0. The zero-order valence-corrected chi connectivity index (χ0v) is 12.9. The van der Waals surface area contributed by atoms with Gasteiger partial charge in [-0.05, 0) is 36.8 Å². The Kier molecular flexibility index (Phi) is 3.23. The predicted molar refractivity (Wildman–Crippen MR) is 90.4 cm³/mol. The molecule has 112 valence electrons. The second-order valence-corrected chi connectivity index (χ2v) is 5.90. The number of carbonyl (C=O) groups excluding carboxylic acids is 1. The van der Waals surface area contributed by atoms with Gasteiger partial charge in [-0.2, -0.15) is 0 Å². The summed E-state index contributed by atoms with van der Waals surface area (Å²) in [5.74, 6) is 1.79. The van der Waals surface area contributed by atoms with Crippen molar-refractivity contribution in [2.75, 3.05) is 0 Å². The molecule has 0 bridgehead atoms. The Hall–Kier alpha value is -2.87. The van der Waals surface area contributed by atoms with Crippen LogP contribution in [0.1, 0.15) is 32.6 Å². The summed E-state index contributed by atoms with van der Waals surface area (Å²) in [5.41, 5.74) is 4.78. The molecule has 0 unspecified atom stereocenters. The largest absolute Gasteiger partial charge is 0.457 e. The van der Waals surface area contributed by atoms with Crippen molar-refractivity contribution in [3.8, 4) is 11.5 Å². The Labute approximate surface area is 135 Å². The first-order valence-electron chi connectivity index (χ1n) is 7.71. The Morgan fingerprint density at radius 3 is 2.35 bits per heavy atom. The van der Waals surface area contributed by atoms with Gasteiger partial charge in [-0.3, -0.25) is 4.79 Å². The molecule has 0 aromatic heterocycles. The van der Waals surface area contributed by atoms with E-state index in [-0.39, 0.29) is 5.78 Å². The molecule has 0 aliphatic carbocycles. The number of aryl methyl sites for hydroxylation is 1. The van der Waals surface area contributed by atoms with Gasteiger partial charge in [0.2, 0.25) is 0 Å². The molecule has 1 aliphatic rings. The van der Waals surface area contributed by atoms with Crippen molar-refractivity contribution in [3.63, 3.8) is 0 Å². The van der Waals surface area contributed by atoms with E-state index in [4.69, 9.17) is 4.74 Å². The maximum Gasteiger partial charge on any atom is 0.193 e. The molecule has 1 heterocycles. The van der Waals surface area contributed by atoms with Crippen LogP contribution in [0.25, 0.3) is 0 Å². The van der Waals surface area contributed by atoms with Gasteiger partial charge in [-0.25, -0.2) is 0 Å². The molecule has 0 fully saturated rings. The van der Waals surface area contributed by atoms with Crippen molar-refractivity contribution in [2.45, 2.75) is 13.3 Å². The van der Waals surface area contributed by atoms with Crippen LogP contribution in [0.3, 0.4) is 0 Å². The summed E-state index contributed by atoms with van der Waals surface area (Å²) < 4.78 is 5.92. The molecule has 0 saturated carbocycles. The van der Waals surface area contributed by atoms with Gasteiger partial charge in [0, 0.05) is 23.1 Å². The number of hydrogen-bond donors (Lipinski definition) is 0. The quantitative estimate of drug-likeness (QED) is 0.491. The SMILES string of the molecule is Cc1ccc(C(=O)c2ccc3c(c2)Cc2ccccc2O3)cc1. The van der Waals surface area contributed by atoms with E-state index in [0.717, 1.165) is 34.6 Å². The molecule has 1 aliphatic heterocycles. The number of benzene rings is 3. The van der Waals surface area contributed by atoms with Crippen molar-refractivity contribution in [1.29, 1.82) is 0 Å². The second kappa shape index (κ2) is 5.40. The molecule has 3 aromatic rings. The van der Waals surface area contributed by atoms with Crippen molar-refractivity contribution in [1.82, 2.24) is 0 Å². The molecule has 0 spiro atoms. The molecule has 2 nitrogen and oxygen atoms in total. The third kappa shape index (κ3) is 2.53. The first-order chi connectivity index (χ1) is 11.2. The number of ether oxygens (including phenoxy) is 1. The Morgan fingerprint density at radius 2 is 1.52 bits per heavy atom. The van der Waals surface area contributed by atoms with E-state index in [1.807, 2.05) is 67.6 Å². The van der Waals surface area contributed by atoms with Gasteiger partial charge in [0.05, 0.1) is 0 Å². The molecular formula is C21H16O2. The molecule has 0 atom stereocenters. The average molecular weight is 300 g/mol. The van der Waals surface area contributed by atoms with Crippen LogP contribution in [-0.4, -0.2) is 5.78 Å². The van der Waals surface area contributed by atoms with Gasteiger partial charge in [-0.1, -0.05) is 48.0 Å². The molecule has 4 rings (SSSR count). The van der Waals surface area contributed by atoms with E-state index < -0.39 is 0 Å². The lowest BCUT2D eigenvalue weighted by Crippen LogP contribution is -2.06. The third-order valence-corrected chi connectivity index (χ3v) is 4.21. The van der Waals surface area contributed by atoms with Crippen LogP contribution in [0.2, 0.25) is 0 Å². The van der Waals surface area contributed by atoms with Gasteiger partial charge >= 0.3 is 0 Å². The highest BCUT2D eigenvalue weighted by molar-refractivity contribution is 6.09. The minimum absolute atomic E-state index is 0.0478. The fourth-order valence-corrected chi connectivity index (χ4v) is 2.90. The van der Waals surface area contributed by atoms with Crippen molar-refractivity contribution < 1.29 is 9.53 Å². The van der Waals surface area contributed by atoms with Gasteiger partial charge in [-0.15, -0.1) is 0 Å². The zero-order chi connectivity index (χ0) is 15.8. The zero-order valence-electron chi connectivity index (χ0n) is 12.9. The summed E-state index contributed by atoms with van der Waals surface area (Å²) in [6.45, 7) is 2.02. The molecule has 0 amide bonds. The minimum atomic E-state index is 0.0478. The fraction of sp³-hybridized carbons (Fsp3) is 0.0952. The topological polar surface area (TPSA) is 26.3 Å². The number of hydrogen-bond acceptors (Lipinski definition) is 2. The molecule has 23 heavy (non-hydrogen) atoms. The Balaban J connectivity index is 1.68. The predicted octanol–water partition coefficient (Wildman–Crippen LogP) is 4.92. The molecule has 0 saturated heterocycles. The summed E-state index contributed by atoms with van der Waals surface area (Å²) in [7, 11) is 0. The number of carbonyl (C=O) groups is 1. The van der Waals surface area contributed by atoms with E-state index >= 15 is 0 Å². The van der Waals surface area contributed by atoms with E-state index in [0.29, 0.717) is 11.1 Å². The van der Waals surface area contributed by atoms with E-state index in [9.17, 15) is 4.79 Å². The molecule has 0 radical (unpaired) electrons. The highest BCUT2D eigenvalue weighted by Crippen LogP contribution is 2.36. The van der Waals surface area contributed by atoms with Gasteiger partial charge in [0.25, 0.3) is 0 Å². The standard InChI is InChI=1S/C21H16O2/c1-14-6-8-15(9-7-14)21(22)17-10-11-20-18(13-17)12-16-4-2-3-5-19(16)23-20/h2-11,13H,12H2,1H3. The van der Waals surface area contributed by atoms with Crippen molar-refractivity contribution in [2.24, 2.45) is 0 Å². The Bertz CT molecular complexity index is 892. The average Bonchev–Trinajstić information content (AvgIpc) is 2.59. The van der Waals surface area contributed by atoms with Gasteiger partial charge in [0.15, 0.2) is 5.78 Å². The van der Waals surface area contributed by atoms with Crippen LogP contribution >= 0.6 is 0 Å². The van der Waals surface area contributed by atoms with Crippen molar-refractivity contribution >= 4 is 5.78 Å². The number of fused-ring (bicyclic) bond motifs is 2. The van der Waals surface area contributed by atoms with Gasteiger partial charge < -0.3 is 4.74 Å². The summed E-state index contributed by atoms with van der Waals surface area (Å²) in [4.78, 5) is 12.6. The maximum absolute atomic E-state index is 12.6. The third-order valence-electron chi connectivity index (χ3n) is 4.21. The van der Waals surface area contributed by atoms with Crippen LogP contribution in [-0.2, 0) is 6.42 Å². The monoisotopic (exact) mass is 300 g/mol. The van der Waals surface area contributed by atoms with Gasteiger partial charge in [0.1, 0.15) is 11.5 Å².